The average Bonchev–Trinajstić information content (AvgIpc) is 2.87. The molecule has 1 aliphatic heterocycles. The summed E-state index contributed by atoms with van der Waals surface area (Å²) in [5.41, 5.74) is 2.64. The van der Waals surface area contributed by atoms with Gasteiger partial charge in [-0.1, -0.05) is 83.9 Å². The highest BCUT2D eigenvalue weighted by Crippen LogP contribution is 2.39. The van der Waals surface area contributed by atoms with Crippen molar-refractivity contribution >= 4 is 48.0 Å². The summed E-state index contributed by atoms with van der Waals surface area (Å²) in [6.45, 7) is 4.12. The second kappa shape index (κ2) is 14.7. The minimum absolute atomic E-state index is 0. The first kappa shape index (κ1) is 31.9. The Labute approximate surface area is 244 Å². The number of nitrogens with zero attached hydrogens (tertiary/aromatic N) is 2. The van der Waals surface area contributed by atoms with Gasteiger partial charge in [-0.2, -0.15) is 0 Å². The van der Waals surface area contributed by atoms with Crippen molar-refractivity contribution in [2.45, 2.75) is 31.3 Å². The summed E-state index contributed by atoms with van der Waals surface area (Å²) in [7, 11) is 4.29. The number of benzene rings is 3. The fourth-order valence-corrected chi connectivity index (χ4v) is 5.65. The van der Waals surface area contributed by atoms with E-state index in [2.05, 4.69) is 48.2 Å². The Morgan fingerprint density at radius 3 is 2.11 bits per heavy atom. The highest BCUT2D eigenvalue weighted by Gasteiger charge is 2.34. The molecule has 0 spiro atoms. The maximum atomic E-state index is 12.2. The molecule has 0 saturated carbocycles. The molecule has 1 aliphatic rings. The Hall–Kier alpha value is -1.30. The highest BCUT2D eigenvalue weighted by atomic mass is 35.5. The Morgan fingerprint density at radius 2 is 1.51 bits per heavy atom. The summed E-state index contributed by atoms with van der Waals surface area (Å²) in [5.74, 6) is 0.795. The van der Waals surface area contributed by atoms with Gasteiger partial charge in [0.1, 0.15) is 5.60 Å². The van der Waals surface area contributed by atoms with Crippen molar-refractivity contribution < 1.29 is 5.11 Å². The quantitative estimate of drug-likeness (QED) is 0.278. The van der Waals surface area contributed by atoms with Gasteiger partial charge in [-0.05, 0) is 94.2 Å². The molecule has 1 unspecified atom stereocenters. The van der Waals surface area contributed by atoms with Gasteiger partial charge >= 0.3 is 0 Å². The number of hydrogen-bond acceptors (Lipinski definition) is 3. The molecular weight excluding hydrogens is 546 g/mol. The van der Waals surface area contributed by atoms with Gasteiger partial charge in [0, 0.05) is 22.2 Å². The molecule has 3 nitrogen and oxygen atoms in total. The summed E-state index contributed by atoms with van der Waals surface area (Å²) in [5, 5.41) is 13.2. The standard InChI is InChI=1S/C30H36Cl2N2O.2ClH/c1-33(2)18-14-23-15-19-34(20-16-23)21-17-30(35,28-13-12-27(31)22-29(28)32)26-10-8-25(9-11-26)24-6-4-3-5-7-24;;/h3-13,22-23,35H,14-21H2,1-2H3;2*1H. The van der Waals surface area contributed by atoms with Crippen LogP contribution in [-0.4, -0.2) is 55.2 Å². The molecule has 7 heteroatoms. The van der Waals surface area contributed by atoms with Crippen LogP contribution < -0.4 is 0 Å². The van der Waals surface area contributed by atoms with Crippen LogP contribution >= 0.6 is 48.0 Å². The van der Waals surface area contributed by atoms with Gasteiger partial charge in [-0.15, -0.1) is 24.8 Å². The lowest BCUT2D eigenvalue weighted by molar-refractivity contribution is 0.0511. The zero-order valence-electron chi connectivity index (χ0n) is 21.6. The predicted molar refractivity (Wildman–Crippen MR) is 163 cm³/mol. The number of rotatable bonds is 9. The molecule has 4 rings (SSSR count). The average molecular weight is 584 g/mol. The Balaban J connectivity index is 0.00000241. The second-order valence-electron chi connectivity index (χ2n) is 10.1. The van der Waals surface area contributed by atoms with Gasteiger partial charge in [0.25, 0.3) is 0 Å². The van der Waals surface area contributed by atoms with Crippen molar-refractivity contribution in [3.05, 3.63) is 94.0 Å². The van der Waals surface area contributed by atoms with E-state index in [0.29, 0.717) is 22.0 Å². The van der Waals surface area contributed by atoms with Crippen molar-refractivity contribution in [3.63, 3.8) is 0 Å². The third-order valence-corrected chi connectivity index (χ3v) is 7.88. The molecule has 0 aromatic heterocycles. The van der Waals surface area contributed by atoms with Crippen LogP contribution in [0.1, 0.15) is 36.8 Å². The van der Waals surface area contributed by atoms with Crippen LogP contribution in [0.5, 0.6) is 0 Å². The largest absolute Gasteiger partial charge is 0.380 e. The molecule has 1 fully saturated rings. The van der Waals surface area contributed by atoms with E-state index >= 15 is 0 Å². The van der Waals surface area contributed by atoms with Gasteiger partial charge < -0.3 is 14.9 Å². The maximum Gasteiger partial charge on any atom is 0.117 e. The van der Waals surface area contributed by atoms with Crippen molar-refractivity contribution in [3.8, 4) is 11.1 Å². The second-order valence-corrected chi connectivity index (χ2v) is 10.9. The van der Waals surface area contributed by atoms with Gasteiger partial charge in [0.15, 0.2) is 0 Å². The normalized spacial score (nSPS) is 16.1. The number of hydrogen-bond donors (Lipinski definition) is 1. The van der Waals surface area contributed by atoms with Crippen molar-refractivity contribution in [2.75, 3.05) is 40.3 Å². The van der Waals surface area contributed by atoms with Gasteiger partial charge in [0.05, 0.1) is 0 Å². The van der Waals surface area contributed by atoms with Crippen LogP contribution in [0.4, 0.5) is 0 Å². The maximum absolute atomic E-state index is 12.2. The Morgan fingerprint density at radius 1 is 0.892 bits per heavy atom. The van der Waals surface area contributed by atoms with Crippen LogP contribution in [0.25, 0.3) is 11.1 Å². The minimum atomic E-state index is -1.20. The summed E-state index contributed by atoms with van der Waals surface area (Å²) in [6.07, 6.45) is 4.28. The Bertz CT molecular complexity index is 1090. The molecule has 3 aromatic carbocycles. The lowest BCUT2D eigenvalue weighted by Crippen LogP contribution is -2.39. The molecule has 0 radical (unpaired) electrons. The molecule has 1 heterocycles. The van der Waals surface area contributed by atoms with Crippen LogP contribution in [0, 0.1) is 5.92 Å². The van der Waals surface area contributed by atoms with Gasteiger partial charge in [-0.25, -0.2) is 0 Å². The SMILES string of the molecule is CN(C)CCC1CCN(CCC(O)(c2ccc(-c3ccccc3)cc2)c2ccc(Cl)cc2Cl)CC1.Cl.Cl. The van der Waals surface area contributed by atoms with Crippen LogP contribution in [0.15, 0.2) is 72.8 Å². The number of halogens is 4. The number of piperidine rings is 1. The zero-order chi connectivity index (χ0) is 24.8. The summed E-state index contributed by atoms with van der Waals surface area (Å²) in [4.78, 5) is 4.75. The van der Waals surface area contributed by atoms with Crippen LogP contribution in [0.2, 0.25) is 10.0 Å². The topological polar surface area (TPSA) is 26.7 Å². The van der Waals surface area contributed by atoms with Crippen molar-refractivity contribution in [1.82, 2.24) is 9.80 Å². The molecule has 0 bridgehead atoms. The van der Waals surface area contributed by atoms with E-state index in [4.69, 9.17) is 23.2 Å². The van der Waals surface area contributed by atoms with E-state index < -0.39 is 5.60 Å². The van der Waals surface area contributed by atoms with E-state index in [1.54, 1.807) is 6.07 Å². The monoisotopic (exact) mass is 582 g/mol. The first-order chi connectivity index (χ1) is 16.8. The first-order valence-corrected chi connectivity index (χ1v) is 13.3. The van der Waals surface area contributed by atoms with E-state index in [1.807, 2.05) is 42.5 Å². The zero-order valence-corrected chi connectivity index (χ0v) is 24.7. The molecule has 37 heavy (non-hydrogen) atoms. The molecule has 1 saturated heterocycles. The van der Waals surface area contributed by atoms with Crippen molar-refractivity contribution in [2.24, 2.45) is 5.92 Å². The summed E-state index contributed by atoms with van der Waals surface area (Å²) >= 11 is 12.8. The molecule has 202 valence electrons. The number of aliphatic hydroxyl groups is 1. The lowest BCUT2D eigenvalue weighted by Gasteiger charge is -2.36. The predicted octanol–water partition coefficient (Wildman–Crippen LogP) is 7.79. The van der Waals surface area contributed by atoms with Gasteiger partial charge in [-0.3, -0.25) is 0 Å². The molecule has 0 aliphatic carbocycles. The molecular formula is C30H38Cl4N2O. The number of likely N-dealkylation sites (tertiary alicyclic amines) is 1. The summed E-state index contributed by atoms with van der Waals surface area (Å²) in [6, 6.07) is 23.9. The Kier molecular flexibility index (Phi) is 12.7. The molecule has 3 aromatic rings. The molecule has 1 atom stereocenters. The molecule has 1 N–H and O–H groups in total. The van der Waals surface area contributed by atoms with E-state index in [9.17, 15) is 5.11 Å². The minimum Gasteiger partial charge on any atom is -0.380 e. The van der Waals surface area contributed by atoms with Gasteiger partial charge in [0.2, 0.25) is 0 Å². The van der Waals surface area contributed by atoms with E-state index in [0.717, 1.165) is 48.8 Å². The van der Waals surface area contributed by atoms with Crippen molar-refractivity contribution in [1.29, 1.82) is 0 Å². The van der Waals surface area contributed by atoms with E-state index in [-0.39, 0.29) is 24.8 Å². The third-order valence-electron chi connectivity index (χ3n) is 7.33. The lowest BCUT2D eigenvalue weighted by atomic mass is 9.82. The summed E-state index contributed by atoms with van der Waals surface area (Å²) < 4.78 is 0. The highest BCUT2D eigenvalue weighted by molar-refractivity contribution is 6.35. The van der Waals surface area contributed by atoms with Crippen LogP contribution in [-0.2, 0) is 5.60 Å². The first-order valence-electron chi connectivity index (χ1n) is 12.6. The molecule has 0 amide bonds. The fraction of sp³-hybridized carbons (Fsp3) is 0.400. The fourth-order valence-electron chi connectivity index (χ4n) is 5.09. The van der Waals surface area contributed by atoms with Crippen LogP contribution in [0.3, 0.4) is 0 Å². The third kappa shape index (κ3) is 8.34. The smallest absolute Gasteiger partial charge is 0.117 e. The van der Waals surface area contributed by atoms with E-state index in [1.165, 1.54) is 19.3 Å².